The van der Waals surface area contributed by atoms with Gasteiger partial charge in [-0.1, -0.05) is 12.1 Å². The van der Waals surface area contributed by atoms with Crippen LogP contribution < -0.4 is 16.1 Å². The van der Waals surface area contributed by atoms with Crippen LogP contribution in [-0.2, 0) is 16.1 Å². The number of carbonyl (C=O) groups is 1. The maximum Gasteiger partial charge on any atom is 0.239 e. The van der Waals surface area contributed by atoms with E-state index in [0.29, 0.717) is 12.1 Å². The molecule has 2 rings (SSSR count). The van der Waals surface area contributed by atoms with Crippen molar-refractivity contribution in [3.8, 4) is 0 Å². The summed E-state index contributed by atoms with van der Waals surface area (Å²) in [5.41, 5.74) is 3.46. The summed E-state index contributed by atoms with van der Waals surface area (Å²) in [6.07, 6.45) is 1.30. The van der Waals surface area contributed by atoms with Crippen molar-refractivity contribution in [2.24, 2.45) is 0 Å². The molecule has 7 nitrogen and oxygen atoms in total. The first-order valence-electron chi connectivity index (χ1n) is 6.56. The number of carbonyl (C=O) groups excluding carboxylic acids is 1. The van der Waals surface area contributed by atoms with Gasteiger partial charge in [0, 0.05) is 6.42 Å². The highest BCUT2D eigenvalue weighted by Crippen LogP contribution is 2.11. The lowest BCUT2D eigenvalue weighted by Gasteiger charge is -2.18. The van der Waals surface area contributed by atoms with Crippen LogP contribution in [-0.4, -0.2) is 35.2 Å². The molecule has 7 heteroatoms. The Hall–Kier alpha value is -1.67. The first-order valence-corrected chi connectivity index (χ1v) is 6.56. The molecular formula is C13H19N3O4. The quantitative estimate of drug-likeness (QED) is 0.299. The van der Waals surface area contributed by atoms with E-state index in [4.69, 9.17) is 10.5 Å². The number of benzene rings is 1. The molecule has 0 bridgehead atoms. The van der Waals surface area contributed by atoms with Gasteiger partial charge in [0.1, 0.15) is 0 Å². The number of hydrogen-bond donors (Lipinski definition) is 5. The van der Waals surface area contributed by atoms with Crippen LogP contribution in [0.1, 0.15) is 18.4 Å². The Balaban J connectivity index is 1.88. The second-order valence-corrected chi connectivity index (χ2v) is 4.76. The third-order valence-electron chi connectivity index (χ3n) is 3.31. The highest BCUT2D eigenvalue weighted by Gasteiger charge is 2.24. The van der Waals surface area contributed by atoms with E-state index >= 15 is 0 Å². The number of rotatable bonds is 6. The molecule has 0 radical (unpaired) electrons. The van der Waals surface area contributed by atoms with Gasteiger partial charge in [-0.05, 0) is 37.1 Å². The van der Waals surface area contributed by atoms with E-state index in [1.54, 1.807) is 24.3 Å². The van der Waals surface area contributed by atoms with Crippen molar-refractivity contribution < 1.29 is 20.1 Å². The molecule has 2 unspecified atom stereocenters. The summed E-state index contributed by atoms with van der Waals surface area (Å²) in [6, 6.07) is 6.69. The van der Waals surface area contributed by atoms with Crippen molar-refractivity contribution in [1.29, 1.82) is 0 Å². The average Bonchev–Trinajstić information content (AvgIpc) is 3.01. The smallest absolute Gasteiger partial charge is 0.239 e. The molecule has 0 spiro atoms. The Morgan fingerprint density at radius 1 is 1.45 bits per heavy atom. The van der Waals surface area contributed by atoms with Gasteiger partial charge in [-0.3, -0.25) is 15.5 Å². The van der Waals surface area contributed by atoms with Crippen LogP contribution in [0.3, 0.4) is 0 Å². The molecular weight excluding hydrogens is 262 g/mol. The van der Waals surface area contributed by atoms with E-state index in [9.17, 15) is 4.79 Å². The average molecular weight is 281 g/mol. The van der Waals surface area contributed by atoms with Crippen LogP contribution in [0.2, 0.25) is 0 Å². The highest BCUT2D eigenvalue weighted by molar-refractivity contribution is 5.82. The Morgan fingerprint density at radius 3 is 2.75 bits per heavy atom. The fourth-order valence-electron chi connectivity index (χ4n) is 2.21. The van der Waals surface area contributed by atoms with Crippen LogP contribution in [0, 0.1) is 0 Å². The monoisotopic (exact) mass is 281 g/mol. The van der Waals surface area contributed by atoms with E-state index in [0.717, 1.165) is 24.9 Å². The van der Waals surface area contributed by atoms with Gasteiger partial charge in [-0.25, -0.2) is 10.1 Å². The number of amides is 1. The van der Waals surface area contributed by atoms with Crippen molar-refractivity contribution in [1.82, 2.24) is 10.6 Å². The summed E-state index contributed by atoms with van der Waals surface area (Å²) in [5.74, 6) is -0.171. The molecule has 5 N–H and O–H groups in total. The van der Waals surface area contributed by atoms with Gasteiger partial charge in [0.05, 0.1) is 11.7 Å². The second-order valence-electron chi connectivity index (χ2n) is 4.76. The molecule has 0 aromatic heterocycles. The Kier molecular flexibility index (Phi) is 5.31. The number of anilines is 1. The van der Waals surface area contributed by atoms with E-state index in [1.807, 2.05) is 5.48 Å². The van der Waals surface area contributed by atoms with E-state index < -0.39 is 6.23 Å². The lowest BCUT2D eigenvalue weighted by atomic mass is 10.1. The summed E-state index contributed by atoms with van der Waals surface area (Å²) in [6.45, 7) is 0.832. The molecule has 20 heavy (non-hydrogen) atoms. The largest absolute Gasteiger partial charge is 0.326 e. The minimum Gasteiger partial charge on any atom is -0.326 e. The van der Waals surface area contributed by atoms with E-state index in [-0.39, 0.29) is 11.9 Å². The van der Waals surface area contributed by atoms with Crippen LogP contribution in [0.25, 0.3) is 0 Å². The summed E-state index contributed by atoms with van der Waals surface area (Å²) >= 11 is 0. The van der Waals surface area contributed by atoms with E-state index in [2.05, 4.69) is 15.5 Å². The molecule has 1 aliphatic rings. The Labute approximate surface area is 116 Å². The van der Waals surface area contributed by atoms with Gasteiger partial charge >= 0.3 is 0 Å². The normalized spacial score (nSPS) is 19.6. The van der Waals surface area contributed by atoms with Crippen LogP contribution >= 0.6 is 0 Å². The molecule has 1 aliphatic heterocycles. The maximum atomic E-state index is 11.9. The van der Waals surface area contributed by atoms with Crippen molar-refractivity contribution >= 4 is 11.6 Å². The van der Waals surface area contributed by atoms with Crippen molar-refractivity contribution in [3.63, 3.8) is 0 Å². The molecule has 0 saturated carbocycles. The Morgan fingerprint density at radius 2 is 2.20 bits per heavy atom. The van der Waals surface area contributed by atoms with Crippen molar-refractivity contribution in [3.05, 3.63) is 29.8 Å². The van der Waals surface area contributed by atoms with E-state index in [1.165, 1.54) is 0 Å². The van der Waals surface area contributed by atoms with Gasteiger partial charge in [-0.15, -0.1) is 0 Å². The van der Waals surface area contributed by atoms with Gasteiger partial charge in [-0.2, -0.15) is 0 Å². The topological polar surface area (TPSA) is 103 Å². The van der Waals surface area contributed by atoms with Gasteiger partial charge in [0.25, 0.3) is 0 Å². The first kappa shape index (κ1) is 14.7. The summed E-state index contributed by atoms with van der Waals surface area (Å²) in [7, 11) is 0. The maximum absolute atomic E-state index is 11.9. The SMILES string of the molecule is O=C(NC(Cc1ccc(NO)cc1)OO)C1CCCN1. The molecule has 1 heterocycles. The highest BCUT2D eigenvalue weighted by atomic mass is 17.1. The summed E-state index contributed by atoms with van der Waals surface area (Å²) < 4.78 is 0. The second kappa shape index (κ2) is 7.20. The third-order valence-corrected chi connectivity index (χ3v) is 3.31. The summed E-state index contributed by atoms with van der Waals surface area (Å²) in [5, 5.41) is 23.3. The lowest BCUT2D eigenvalue weighted by molar-refractivity contribution is -0.284. The van der Waals surface area contributed by atoms with Crippen molar-refractivity contribution in [2.45, 2.75) is 31.5 Å². The molecule has 1 amide bonds. The summed E-state index contributed by atoms with van der Waals surface area (Å²) in [4.78, 5) is 16.2. The number of nitrogens with one attached hydrogen (secondary N) is 3. The molecule has 1 fully saturated rings. The molecule has 1 aromatic carbocycles. The van der Waals surface area contributed by atoms with Gasteiger partial charge < -0.3 is 10.6 Å². The molecule has 2 atom stereocenters. The van der Waals surface area contributed by atoms with Crippen LogP contribution in [0.15, 0.2) is 24.3 Å². The van der Waals surface area contributed by atoms with Crippen LogP contribution in [0.4, 0.5) is 5.69 Å². The fraction of sp³-hybridized carbons (Fsp3) is 0.462. The molecule has 110 valence electrons. The first-order chi connectivity index (χ1) is 9.72. The minimum atomic E-state index is -0.794. The zero-order valence-corrected chi connectivity index (χ0v) is 11.0. The van der Waals surface area contributed by atoms with Gasteiger partial charge in [0.15, 0.2) is 6.23 Å². The van der Waals surface area contributed by atoms with Gasteiger partial charge in [0.2, 0.25) is 5.91 Å². The lowest BCUT2D eigenvalue weighted by Crippen LogP contribution is -2.46. The molecule has 1 saturated heterocycles. The molecule has 1 aromatic rings. The zero-order chi connectivity index (χ0) is 14.4. The number of hydrogen-bond acceptors (Lipinski definition) is 6. The van der Waals surface area contributed by atoms with Crippen molar-refractivity contribution in [2.75, 3.05) is 12.0 Å². The minimum absolute atomic E-state index is 0.171. The third kappa shape index (κ3) is 3.91. The van der Waals surface area contributed by atoms with Crippen LogP contribution in [0.5, 0.6) is 0 Å². The predicted molar refractivity (Wildman–Crippen MR) is 72.2 cm³/mol. The fourth-order valence-corrected chi connectivity index (χ4v) is 2.21. The zero-order valence-electron chi connectivity index (χ0n) is 11.0. The Bertz CT molecular complexity index is 432. The predicted octanol–water partition coefficient (Wildman–Crippen LogP) is 0.714. The standard InChI is InChI=1S/C13H19N3O4/c17-13(11-2-1-7-14-11)15-12(20-19)8-9-3-5-10(16-18)6-4-9/h3-6,11-12,14,16,18-19H,1-2,7-8H2,(H,15,17). The molecule has 0 aliphatic carbocycles.